The molecule has 0 spiro atoms. The van der Waals surface area contributed by atoms with Gasteiger partial charge in [0.1, 0.15) is 5.75 Å². The zero-order valence-corrected chi connectivity index (χ0v) is 15.5. The molecular weight excluding hydrogens is 392 g/mol. The van der Waals surface area contributed by atoms with E-state index in [-0.39, 0.29) is 24.2 Å². The van der Waals surface area contributed by atoms with Crippen LogP contribution in [0.3, 0.4) is 0 Å². The molecule has 0 bridgehead atoms. The van der Waals surface area contributed by atoms with Gasteiger partial charge in [0, 0.05) is 5.02 Å². The van der Waals surface area contributed by atoms with E-state index in [9.17, 15) is 17.6 Å². The molecule has 1 atom stereocenters. The van der Waals surface area contributed by atoms with Gasteiger partial charge in [-0.15, -0.1) is 0 Å². The van der Waals surface area contributed by atoms with Crippen molar-refractivity contribution in [2.24, 2.45) is 0 Å². The number of ether oxygens (including phenoxy) is 1. The van der Waals surface area contributed by atoms with Crippen LogP contribution in [0.2, 0.25) is 5.02 Å². The van der Waals surface area contributed by atoms with Crippen molar-refractivity contribution in [1.29, 1.82) is 0 Å². The van der Waals surface area contributed by atoms with E-state index < -0.39 is 17.9 Å². The topological polar surface area (TPSA) is 9.23 Å². The average Bonchev–Trinajstić information content (AvgIpc) is 2.66. The van der Waals surface area contributed by atoms with Crippen molar-refractivity contribution in [3.05, 3.63) is 94.8 Å². The Balaban J connectivity index is 1.76. The summed E-state index contributed by atoms with van der Waals surface area (Å²) in [6, 6.07) is 18.4. The highest BCUT2D eigenvalue weighted by Crippen LogP contribution is 2.39. The third-order valence-electron chi connectivity index (χ3n) is 4.36. The number of aryl methyl sites for hydroxylation is 1. The Morgan fingerprint density at radius 1 is 0.893 bits per heavy atom. The van der Waals surface area contributed by atoms with Crippen LogP contribution >= 0.6 is 11.6 Å². The van der Waals surface area contributed by atoms with Crippen molar-refractivity contribution >= 4 is 11.6 Å². The van der Waals surface area contributed by atoms with Crippen LogP contribution in [0.25, 0.3) is 0 Å². The van der Waals surface area contributed by atoms with Crippen LogP contribution in [0.4, 0.5) is 17.6 Å². The molecule has 0 aliphatic heterocycles. The van der Waals surface area contributed by atoms with Gasteiger partial charge in [-0.2, -0.15) is 13.2 Å². The van der Waals surface area contributed by atoms with Crippen LogP contribution in [0.15, 0.2) is 72.8 Å². The second-order valence-electron chi connectivity index (χ2n) is 6.36. The molecule has 1 unspecified atom stereocenters. The Labute approximate surface area is 165 Å². The van der Waals surface area contributed by atoms with Gasteiger partial charge in [0.05, 0.1) is 5.92 Å². The van der Waals surface area contributed by atoms with Crippen molar-refractivity contribution in [3.8, 4) is 11.5 Å². The molecule has 0 saturated heterocycles. The van der Waals surface area contributed by atoms with Crippen molar-refractivity contribution < 1.29 is 22.3 Å². The van der Waals surface area contributed by atoms with E-state index in [1.807, 2.05) is 0 Å². The van der Waals surface area contributed by atoms with Gasteiger partial charge in [-0.1, -0.05) is 48.0 Å². The number of rotatable bonds is 6. The number of alkyl halides is 3. The molecule has 3 aromatic carbocycles. The van der Waals surface area contributed by atoms with E-state index in [0.29, 0.717) is 16.3 Å². The monoisotopic (exact) mass is 408 g/mol. The Kier molecular flexibility index (Phi) is 6.25. The average molecular weight is 409 g/mol. The molecule has 0 N–H and O–H groups in total. The predicted octanol–water partition coefficient (Wildman–Crippen LogP) is 7.55. The first kappa shape index (κ1) is 20.2. The molecule has 0 aliphatic carbocycles. The fourth-order valence-electron chi connectivity index (χ4n) is 2.92. The summed E-state index contributed by atoms with van der Waals surface area (Å²) in [5.41, 5.74) is 0.718. The summed E-state index contributed by atoms with van der Waals surface area (Å²) < 4.78 is 60.1. The summed E-state index contributed by atoms with van der Waals surface area (Å²) in [6.07, 6.45) is -4.43. The highest BCUT2D eigenvalue weighted by Gasteiger charge is 2.40. The quantitative estimate of drug-likeness (QED) is 0.382. The summed E-state index contributed by atoms with van der Waals surface area (Å²) in [5.74, 6) is -1.77. The molecule has 0 heterocycles. The molecule has 3 rings (SSSR count). The van der Waals surface area contributed by atoms with Gasteiger partial charge in [0.2, 0.25) is 0 Å². The number of benzene rings is 3. The van der Waals surface area contributed by atoms with Crippen LogP contribution in [-0.4, -0.2) is 6.18 Å². The highest BCUT2D eigenvalue weighted by molar-refractivity contribution is 6.30. The Morgan fingerprint density at radius 2 is 1.57 bits per heavy atom. The summed E-state index contributed by atoms with van der Waals surface area (Å²) in [4.78, 5) is 0. The van der Waals surface area contributed by atoms with E-state index in [1.165, 1.54) is 42.5 Å². The smallest absolute Gasteiger partial charge is 0.395 e. The van der Waals surface area contributed by atoms with Gasteiger partial charge in [-0.3, -0.25) is 0 Å². The molecule has 1 nitrogen and oxygen atoms in total. The molecule has 3 aromatic rings. The minimum atomic E-state index is -4.39. The molecule has 146 valence electrons. The molecule has 0 amide bonds. The fourth-order valence-corrected chi connectivity index (χ4v) is 3.05. The second-order valence-corrected chi connectivity index (χ2v) is 6.80. The minimum Gasteiger partial charge on any atom is -0.454 e. The zero-order chi connectivity index (χ0) is 20.1. The van der Waals surface area contributed by atoms with Crippen LogP contribution < -0.4 is 4.74 Å². The number of halogens is 5. The lowest BCUT2D eigenvalue weighted by molar-refractivity contribution is -0.151. The predicted molar refractivity (Wildman–Crippen MR) is 101 cm³/mol. The third kappa shape index (κ3) is 5.26. The van der Waals surface area contributed by atoms with Crippen molar-refractivity contribution in [3.63, 3.8) is 0 Å². The van der Waals surface area contributed by atoms with E-state index >= 15 is 0 Å². The third-order valence-corrected chi connectivity index (χ3v) is 4.61. The number of para-hydroxylation sites is 1. The highest BCUT2D eigenvalue weighted by atomic mass is 35.5. The first-order valence-corrected chi connectivity index (χ1v) is 9.04. The molecule has 6 heteroatoms. The molecule has 0 fully saturated rings. The molecular formula is C22H17ClF4O. The maximum Gasteiger partial charge on any atom is 0.395 e. The Hall–Kier alpha value is -2.53. The van der Waals surface area contributed by atoms with Gasteiger partial charge >= 0.3 is 6.18 Å². The maximum atomic E-state index is 14.0. The number of hydrogen-bond acceptors (Lipinski definition) is 1. The van der Waals surface area contributed by atoms with E-state index in [2.05, 4.69) is 0 Å². The lowest BCUT2D eigenvalue weighted by Gasteiger charge is -2.21. The summed E-state index contributed by atoms with van der Waals surface area (Å²) in [5, 5.41) is 0.380. The molecule has 0 aliphatic rings. The van der Waals surface area contributed by atoms with Crippen LogP contribution in [-0.2, 0) is 6.42 Å². The van der Waals surface area contributed by atoms with Crippen molar-refractivity contribution in [1.82, 2.24) is 0 Å². The Morgan fingerprint density at radius 3 is 2.21 bits per heavy atom. The van der Waals surface area contributed by atoms with Crippen LogP contribution in [0.1, 0.15) is 23.5 Å². The normalized spacial score (nSPS) is 12.6. The first-order chi connectivity index (χ1) is 13.3. The summed E-state index contributed by atoms with van der Waals surface area (Å²) in [6.45, 7) is 0. The van der Waals surface area contributed by atoms with Gasteiger partial charge in [0.25, 0.3) is 0 Å². The second kappa shape index (κ2) is 8.65. The fraction of sp³-hybridized carbons (Fsp3) is 0.182. The SMILES string of the molecule is Fc1ccc(CCC(c2ccc(Cl)cc2)C(F)(F)F)cc1Oc1ccccc1. The molecule has 0 saturated carbocycles. The van der Waals surface area contributed by atoms with Crippen LogP contribution in [0, 0.1) is 5.82 Å². The zero-order valence-electron chi connectivity index (χ0n) is 14.7. The van der Waals surface area contributed by atoms with Crippen LogP contribution in [0.5, 0.6) is 11.5 Å². The number of hydrogen-bond donors (Lipinski definition) is 0. The van der Waals surface area contributed by atoms with Gasteiger partial charge < -0.3 is 4.74 Å². The molecule has 0 aromatic heterocycles. The lowest BCUT2D eigenvalue weighted by atomic mass is 9.92. The molecule has 0 radical (unpaired) electrons. The summed E-state index contributed by atoms with van der Waals surface area (Å²) >= 11 is 5.77. The van der Waals surface area contributed by atoms with Crippen molar-refractivity contribution in [2.75, 3.05) is 0 Å². The standard InChI is InChI=1S/C22H17ClF4O/c23-17-10-8-16(9-11-17)19(22(25,26)27)12-6-15-7-13-20(24)21(14-15)28-18-4-2-1-3-5-18/h1-5,7-11,13-14,19H,6,12H2. The molecule has 28 heavy (non-hydrogen) atoms. The van der Waals surface area contributed by atoms with Gasteiger partial charge in [-0.05, 0) is 60.4 Å². The van der Waals surface area contributed by atoms with E-state index in [1.54, 1.807) is 30.3 Å². The largest absolute Gasteiger partial charge is 0.454 e. The summed E-state index contributed by atoms with van der Waals surface area (Å²) in [7, 11) is 0. The minimum absolute atomic E-state index is 0.0150. The van der Waals surface area contributed by atoms with Crippen molar-refractivity contribution in [2.45, 2.75) is 24.9 Å². The Bertz CT molecular complexity index is 908. The van der Waals surface area contributed by atoms with Gasteiger partial charge in [-0.25, -0.2) is 4.39 Å². The van der Waals surface area contributed by atoms with E-state index in [0.717, 1.165) is 0 Å². The lowest BCUT2D eigenvalue weighted by Crippen LogP contribution is -2.21. The van der Waals surface area contributed by atoms with E-state index in [4.69, 9.17) is 16.3 Å². The van der Waals surface area contributed by atoms with Gasteiger partial charge in [0.15, 0.2) is 11.6 Å². The first-order valence-electron chi connectivity index (χ1n) is 8.66. The maximum absolute atomic E-state index is 14.0.